The zero-order valence-electron chi connectivity index (χ0n) is 18.1. The molecule has 0 fully saturated rings. The van der Waals surface area contributed by atoms with Gasteiger partial charge in [0.15, 0.2) is 0 Å². The molecule has 5 heteroatoms. The number of hydrogen-bond acceptors (Lipinski definition) is 2. The van der Waals surface area contributed by atoms with Crippen molar-refractivity contribution in [2.75, 3.05) is 7.05 Å². The number of rotatable bonds is 8. The molecule has 0 aliphatic carbocycles. The lowest BCUT2D eigenvalue weighted by molar-refractivity contribution is -0.687. The van der Waals surface area contributed by atoms with E-state index in [-0.39, 0.29) is 17.3 Å². The lowest BCUT2D eigenvalue weighted by atomic mass is 9.85. The van der Waals surface area contributed by atoms with Gasteiger partial charge in [0.05, 0.1) is 18.9 Å². The van der Waals surface area contributed by atoms with E-state index in [0.717, 1.165) is 30.5 Å². The molecule has 154 valence electrons. The van der Waals surface area contributed by atoms with E-state index >= 15 is 0 Å². The van der Waals surface area contributed by atoms with Crippen molar-refractivity contribution in [1.82, 2.24) is 15.3 Å². The summed E-state index contributed by atoms with van der Waals surface area (Å²) in [4.78, 5) is 7.65. The van der Waals surface area contributed by atoms with Crippen LogP contribution in [0.15, 0.2) is 48.8 Å². The summed E-state index contributed by atoms with van der Waals surface area (Å²) in [5.41, 5.74) is 4.62. The lowest BCUT2D eigenvalue weighted by Crippen LogP contribution is -2.41. The number of halogens is 1. The standard InChI is InChI=1S/C24H31FN4/c1-6-24(2,3)14-20-16-28-23(29(20)5)22(26-4)13-17-7-9-18(10-8-17)21-12-11-19(25)15-27-21/h7-12,15-16,22,26H,6,13-14H2,1-5H3/p+1. The molecule has 0 radical (unpaired) electrons. The van der Waals surface area contributed by atoms with Crippen LogP contribution in [0.1, 0.15) is 50.3 Å². The molecular formula is C24H32FN4+. The summed E-state index contributed by atoms with van der Waals surface area (Å²) in [7, 11) is 4.14. The second kappa shape index (κ2) is 8.87. The van der Waals surface area contributed by atoms with E-state index in [4.69, 9.17) is 0 Å². The normalized spacial score (nSPS) is 12.9. The van der Waals surface area contributed by atoms with E-state index in [1.807, 2.05) is 19.2 Å². The number of likely N-dealkylation sites (N-methyl/N-ethyl adjacent to an activating group) is 1. The van der Waals surface area contributed by atoms with Crippen molar-refractivity contribution in [2.45, 2.75) is 46.1 Å². The quantitative estimate of drug-likeness (QED) is 0.551. The van der Waals surface area contributed by atoms with Gasteiger partial charge in [0.25, 0.3) is 5.82 Å². The number of pyridine rings is 1. The maximum absolute atomic E-state index is 13.1. The smallest absolute Gasteiger partial charge is 0.271 e. The molecular weight excluding hydrogens is 363 g/mol. The summed E-state index contributed by atoms with van der Waals surface area (Å²) in [6.07, 6.45) is 6.46. The Morgan fingerprint density at radius 3 is 2.48 bits per heavy atom. The number of benzene rings is 1. The number of aromatic nitrogens is 3. The van der Waals surface area contributed by atoms with Gasteiger partial charge in [0.1, 0.15) is 23.7 Å². The molecule has 4 nitrogen and oxygen atoms in total. The first-order valence-corrected chi connectivity index (χ1v) is 10.3. The Morgan fingerprint density at radius 1 is 1.17 bits per heavy atom. The molecule has 2 heterocycles. The molecule has 1 unspecified atom stereocenters. The molecule has 1 aromatic carbocycles. The van der Waals surface area contributed by atoms with Crippen LogP contribution in [-0.4, -0.2) is 17.0 Å². The topological polar surface area (TPSA) is 44.6 Å². The zero-order valence-corrected chi connectivity index (χ0v) is 18.1. The maximum Gasteiger partial charge on any atom is 0.271 e. The van der Waals surface area contributed by atoms with Crippen LogP contribution in [0.2, 0.25) is 0 Å². The van der Waals surface area contributed by atoms with Gasteiger partial charge in [-0.1, -0.05) is 51.5 Å². The highest BCUT2D eigenvalue weighted by Crippen LogP contribution is 2.25. The predicted molar refractivity (Wildman–Crippen MR) is 115 cm³/mol. The van der Waals surface area contributed by atoms with E-state index < -0.39 is 0 Å². The Morgan fingerprint density at radius 2 is 1.90 bits per heavy atom. The first kappa shape index (κ1) is 21.2. The van der Waals surface area contributed by atoms with Gasteiger partial charge in [-0.05, 0) is 36.6 Å². The largest absolute Gasteiger partial charge is 0.306 e. The Kier molecular flexibility index (Phi) is 6.48. The second-order valence-corrected chi connectivity index (χ2v) is 8.52. The highest BCUT2D eigenvalue weighted by atomic mass is 19.1. The first-order chi connectivity index (χ1) is 13.8. The van der Waals surface area contributed by atoms with Crippen molar-refractivity contribution >= 4 is 0 Å². The van der Waals surface area contributed by atoms with E-state index in [9.17, 15) is 4.39 Å². The monoisotopic (exact) mass is 395 g/mol. The molecule has 3 aromatic rings. The molecule has 3 rings (SSSR count). The van der Waals surface area contributed by atoms with Crippen molar-refractivity contribution in [3.8, 4) is 11.3 Å². The summed E-state index contributed by atoms with van der Waals surface area (Å²) >= 11 is 0. The second-order valence-electron chi connectivity index (χ2n) is 8.52. The fourth-order valence-electron chi connectivity index (χ4n) is 3.55. The molecule has 2 aromatic heterocycles. The van der Waals surface area contributed by atoms with Crippen molar-refractivity contribution in [2.24, 2.45) is 12.5 Å². The average Bonchev–Trinajstić information content (AvgIpc) is 3.07. The van der Waals surface area contributed by atoms with Crippen molar-refractivity contribution in [3.63, 3.8) is 0 Å². The summed E-state index contributed by atoms with van der Waals surface area (Å²) in [5, 5.41) is 3.44. The summed E-state index contributed by atoms with van der Waals surface area (Å²) < 4.78 is 15.4. The number of nitrogens with one attached hydrogen (secondary N) is 2. The lowest BCUT2D eigenvalue weighted by Gasteiger charge is -2.21. The van der Waals surface area contributed by atoms with E-state index in [0.29, 0.717) is 0 Å². The van der Waals surface area contributed by atoms with Crippen LogP contribution < -0.4 is 9.88 Å². The zero-order chi connectivity index (χ0) is 21.0. The molecule has 29 heavy (non-hydrogen) atoms. The summed E-state index contributed by atoms with van der Waals surface area (Å²) in [5.74, 6) is 0.862. The van der Waals surface area contributed by atoms with Gasteiger partial charge in [0.2, 0.25) is 0 Å². The molecule has 0 bridgehead atoms. The Balaban J connectivity index is 1.75. The van der Waals surface area contributed by atoms with Gasteiger partial charge in [0, 0.05) is 12.0 Å². The van der Waals surface area contributed by atoms with Crippen LogP contribution in [0, 0.1) is 11.2 Å². The van der Waals surface area contributed by atoms with Crippen LogP contribution in [0.5, 0.6) is 0 Å². The maximum atomic E-state index is 13.1. The highest BCUT2D eigenvalue weighted by Gasteiger charge is 2.27. The van der Waals surface area contributed by atoms with Gasteiger partial charge in [-0.15, -0.1) is 0 Å². The van der Waals surface area contributed by atoms with Gasteiger partial charge < -0.3 is 5.32 Å². The van der Waals surface area contributed by atoms with Crippen LogP contribution in [-0.2, 0) is 19.9 Å². The van der Waals surface area contributed by atoms with Gasteiger partial charge in [-0.3, -0.25) is 4.98 Å². The molecule has 0 saturated heterocycles. The highest BCUT2D eigenvalue weighted by molar-refractivity contribution is 5.59. The van der Waals surface area contributed by atoms with Crippen molar-refractivity contribution in [1.29, 1.82) is 0 Å². The van der Waals surface area contributed by atoms with Crippen LogP contribution in [0.4, 0.5) is 4.39 Å². The summed E-state index contributed by atoms with van der Waals surface area (Å²) in [6.45, 7) is 6.87. The first-order valence-electron chi connectivity index (χ1n) is 10.3. The average molecular weight is 396 g/mol. The van der Waals surface area contributed by atoms with Gasteiger partial charge >= 0.3 is 0 Å². The molecule has 0 spiro atoms. The fraction of sp³-hybridized carbons (Fsp3) is 0.417. The Labute approximate surface area is 173 Å². The molecule has 0 aliphatic heterocycles. The third-order valence-electron chi connectivity index (χ3n) is 5.89. The minimum atomic E-state index is -0.317. The Bertz CT molecular complexity index is 927. The molecule has 0 aliphatic rings. The Hall–Kier alpha value is -2.53. The number of nitrogens with zero attached hydrogens (tertiary/aromatic N) is 2. The van der Waals surface area contributed by atoms with Gasteiger partial charge in [-0.25, -0.2) is 13.9 Å². The third-order valence-corrected chi connectivity index (χ3v) is 5.89. The number of hydrogen-bond donors (Lipinski definition) is 2. The van der Waals surface area contributed by atoms with Crippen LogP contribution >= 0.6 is 0 Å². The molecule has 0 saturated carbocycles. The number of imidazole rings is 1. The molecule has 0 amide bonds. The van der Waals surface area contributed by atoms with E-state index in [1.165, 1.54) is 29.3 Å². The summed E-state index contributed by atoms with van der Waals surface area (Å²) in [6, 6.07) is 11.7. The number of aromatic amines is 1. The van der Waals surface area contributed by atoms with Crippen LogP contribution in [0.25, 0.3) is 11.3 Å². The number of H-pyrrole nitrogens is 1. The predicted octanol–water partition coefficient (Wildman–Crippen LogP) is 4.52. The van der Waals surface area contributed by atoms with E-state index in [2.05, 4.69) is 66.0 Å². The third kappa shape index (κ3) is 5.10. The molecule has 1 atom stereocenters. The fourth-order valence-corrected chi connectivity index (χ4v) is 3.55. The van der Waals surface area contributed by atoms with Crippen LogP contribution in [0.3, 0.4) is 0 Å². The van der Waals surface area contributed by atoms with E-state index in [1.54, 1.807) is 6.07 Å². The molecule has 2 N–H and O–H groups in total. The van der Waals surface area contributed by atoms with Crippen molar-refractivity contribution < 1.29 is 8.96 Å². The SMILES string of the molecule is CCC(C)(C)Cc1c[nH]c(C(Cc2ccc(-c3ccc(F)cn3)cc2)NC)[n+]1C. The van der Waals surface area contributed by atoms with Crippen molar-refractivity contribution in [3.05, 3.63) is 71.7 Å². The van der Waals surface area contributed by atoms with Gasteiger partial charge in [-0.2, -0.15) is 0 Å². The minimum absolute atomic E-state index is 0.188. The minimum Gasteiger partial charge on any atom is -0.306 e.